The van der Waals surface area contributed by atoms with Gasteiger partial charge in [0.25, 0.3) is 5.91 Å². The molecule has 2 aromatic carbocycles. The van der Waals surface area contributed by atoms with Gasteiger partial charge >= 0.3 is 6.03 Å². The van der Waals surface area contributed by atoms with Crippen molar-refractivity contribution in [1.82, 2.24) is 29.7 Å². The van der Waals surface area contributed by atoms with Gasteiger partial charge in [0.1, 0.15) is 22.8 Å². The van der Waals surface area contributed by atoms with E-state index in [-0.39, 0.29) is 24.6 Å². The van der Waals surface area contributed by atoms with E-state index in [1.807, 2.05) is 56.3 Å². The molecule has 0 radical (unpaired) electrons. The van der Waals surface area contributed by atoms with Crippen molar-refractivity contribution in [3.05, 3.63) is 96.1 Å². The monoisotopic (exact) mass is 584 g/mol. The summed E-state index contributed by atoms with van der Waals surface area (Å²) < 4.78 is 22.0. The Morgan fingerprint density at radius 1 is 1.09 bits per heavy atom. The zero-order valence-electron chi connectivity index (χ0n) is 24.8. The van der Waals surface area contributed by atoms with E-state index in [0.29, 0.717) is 38.0 Å². The van der Waals surface area contributed by atoms with Gasteiger partial charge in [-0.25, -0.2) is 13.9 Å². The molecule has 3 amide bonds. The number of halogens is 1. The highest BCUT2D eigenvalue weighted by molar-refractivity contribution is 6.07. The summed E-state index contributed by atoms with van der Waals surface area (Å²) >= 11 is 0. The third-order valence-electron chi connectivity index (χ3n) is 8.49. The van der Waals surface area contributed by atoms with E-state index >= 15 is 0 Å². The molecule has 1 spiro atoms. The van der Waals surface area contributed by atoms with Gasteiger partial charge in [-0.1, -0.05) is 41.6 Å². The van der Waals surface area contributed by atoms with Crippen molar-refractivity contribution in [3.63, 3.8) is 0 Å². The van der Waals surface area contributed by atoms with Crippen LogP contribution in [0.2, 0.25) is 0 Å². The fourth-order valence-electron chi connectivity index (χ4n) is 6.54. The highest BCUT2D eigenvalue weighted by Crippen LogP contribution is 2.43. The molecule has 43 heavy (non-hydrogen) atoms. The number of imide groups is 1. The number of carbonyl (C=O) groups excluding carboxylic acids is 2. The van der Waals surface area contributed by atoms with Crippen LogP contribution in [0.5, 0.6) is 5.75 Å². The van der Waals surface area contributed by atoms with E-state index in [2.05, 4.69) is 34.3 Å². The Morgan fingerprint density at radius 2 is 1.91 bits per heavy atom. The van der Waals surface area contributed by atoms with E-state index in [0.717, 1.165) is 17.0 Å². The molecule has 2 aliphatic heterocycles. The van der Waals surface area contributed by atoms with Crippen molar-refractivity contribution in [2.75, 3.05) is 6.54 Å². The minimum Gasteiger partial charge on any atom is -0.491 e. The Labute approximate surface area is 251 Å². The number of hydrogen-bond acceptors (Lipinski definition) is 6. The van der Waals surface area contributed by atoms with Crippen LogP contribution in [-0.4, -0.2) is 71.9 Å². The first kappa shape index (κ1) is 28.8. The quantitative estimate of drug-likeness (QED) is 0.329. The number of urea groups is 1. The van der Waals surface area contributed by atoms with E-state index in [1.54, 1.807) is 21.9 Å². The largest absolute Gasteiger partial charge is 0.491 e. The number of likely N-dealkylation sites (tertiary alicyclic amines) is 1. The molecule has 3 atom stereocenters. The van der Waals surface area contributed by atoms with Gasteiger partial charge in [-0.05, 0) is 82.0 Å². The Balaban J connectivity index is 1.25. The number of benzene rings is 2. The number of aromatic nitrogens is 3. The third kappa shape index (κ3) is 5.71. The number of rotatable bonds is 8. The zero-order chi connectivity index (χ0) is 30.1. The molecule has 3 heterocycles. The molecule has 10 heteroatoms. The molecule has 1 unspecified atom stereocenters. The molecule has 3 aromatic rings. The van der Waals surface area contributed by atoms with E-state index in [9.17, 15) is 14.0 Å². The molecule has 6 rings (SSSR count). The lowest BCUT2D eigenvalue weighted by Crippen LogP contribution is -2.61. The second kappa shape index (κ2) is 11.8. The summed E-state index contributed by atoms with van der Waals surface area (Å²) in [7, 11) is 0. The van der Waals surface area contributed by atoms with Gasteiger partial charge in [0.15, 0.2) is 0 Å². The minimum absolute atomic E-state index is 0.00174. The van der Waals surface area contributed by atoms with Gasteiger partial charge in [0.2, 0.25) is 0 Å². The smallest absolute Gasteiger partial charge is 0.328 e. The van der Waals surface area contributed by atoms with Crippen LogP contribution in [0, 0.1) is 0 Å². The summed E-state index contributed by atoms with van der Waals surface area (Å²) in [6.45, 7) is 7.40. The first-order chi connectivity index (χ1) is 20.7. The van der Waals surface area contributed by atoms with Crippen LogP contribution in [0.15, 0.2) is 84.8 Å². The Hall–Kier alpha value is -4.31. The molecule has 1 aromatic heterocycles. The number of amides is 3. The normalized spacial score (nSPS) is 24.3. The van der Waals surface area contributed by atoms with E-state index in [1.165, 1.54) is 17.1 Å². The first-order valence-corrected chi connectivity index (χ1v) is 14.9. The molecular formula is C33H37FN6O3. The van der Waals surface area contributed by atoms with Crippen molar-refractivity contribution in [3.8, 4) is 11.4 Å². The second-order valence-corrected chi connectivity index (χ2v) is 11.9. The lowest BCUT2D eigenvalue weighted by atomic mass is 9.80. The number of piperidine rings is 1. The van der Waals surface area contributed by atoms with Crippen molar-refractivity contribution in [1.29, 1.82) is 0 Å². The summed E-state index contributed by atoms with van der Waals surface area (Å²) in [5, 5.41) is 8.46. The van der Waals surface area contributed by atoms with Gasteiger partial charge in [-0.2, -0.15) is 0 Å². The number of nitrogens with zero attached hydrogens (tertiary/aromatic N) is 6. The molecule has 0 N–H and O–H groups in total. The molecule has 0 bridgehead atoms. The zero-order valence-corrected chi connectivity index (χ0v) is 24.8. The van der Waals surface area contributed by atoms with Crippen molar-refractivity contribution >= 4 is 11.9 Å². The summed E-state index contributed by atoms with van der Waals surface area (Å²) in [6, 6.07) is 16.6. The highest BCUT2D eigenvalue weighted by Gasteiger charge is 2.60. The summed E-state index contributed by atoms with van der Waals surface area (Å²) in [6.07, 6.45) is 7.76. The predicted molar refractivity (Wildman–Crippen MR) is 160 cm³/mol. The highest BCUT2D eigenvalue weighted by atomic mass is 19.1. The summed E-state index contributed by atoms with van der Waals surface area (Å²) in [5.74, 6) is 0.175. The average Bonchev–Trinajstić information content (AvgIpc) is 3.53. The molecule has 3 aliphatic rings. The number of allylic oxidation sites excluding steroid dienone is 2. The summed E-state index contributed by atoms with van der Waals surface area (Å²) in [4.78, 5) is 33.6. The van der Waals surface area contributed by atoms with Gasteiger partial charge in [-0.15, -0.1) is 5.10 Å². The van der Waals surface area contributed by atoms with Crippen LogP contribution in [0.1, 0.15) is 51.3 Å². The number of carbonyl (C=O) groups is 2. The van der Waals surface area contributed by atoms with Crippen LogP contribution < -0.4 is 4.74 Å². The maximum absolute atomic E-state index is 14.5. The lowest BCUT2D eigenvalue weighted by Gasteiger charge is -2.47. The first-order valence-electron chi connectivity index (χ1n) is 14.9. The molecule has 9 nitrogen and oxygen atoms in total. The Morgan fingerprint density at radius 3 is 2.65 bits per heavy atom. The maximum atomic E-state index is 14.5. The fraction of sp³-hybridized carbons (Fsp3) is 0.394. The average molecular weight is 585 g/mol. The molecule has 2 fully saturated rings. The fourth-order valence-corrected chi connectivity index (χ4v) is 6.54. The second-order valence-electron chi connectivity index (χ2n) is 11.9. The van der Waals surface area contributed by atoms with E-state index in [4.69, 9.17) is 4.74 Å². The number of para-hydroxylation sites is 1. The van der Waals surface area contributed by atoms with Gasteiger partial charge in [0, 0.05) is 19.1 Å². The van der Waals surface area contributed by atoms with Crippen molar-refractivity contribution in [2.45, 2.75) is 76.8 Å². The van der Waals surface area contributed by atoms with Crippen LogP contribution in [0.25, 0.3) is 5.69 Å². The van der Waals surface area contributed by atoms with Crippen LogP contribution in [-0.2, 0) is 17.9 Å². The molecular weight excluding hydrogens is 547 g/mol. The van der Waals surface area contributed by atoms with Crippen molar-refractivity contribution in [2.24, 2.45) is 0 Å². The SMILES string of the molecule is CC(C)Oc1cccc(CN2CC[C@@]3(C[C@@H]2C)C(=O)N(Cc2cn(-c4ccccc4)nn2)C(=O)N3C2C=C(F)C=CC2)c1. The standard InChI is InChI=1S/C33H37FN6O3/c1-23(2)43-30-14-7-9-25(17-30)20-37-16-15-33(19-24(37)3)31(41)38(32(42)40(33)29-13-8-10-26(34)18-29)21-27-22-39(36-35-27)28-11-5-4-6-12-28/h4-12,14,17-18,22-24,29H,13,15-16,19-21H2,1-3H3/t24-,29?,33+/m0/s1. The number of hydrogen-bond donors (Lipinski definition) is 0. The lowest BCUT2D eigenvalue weighted by molar-refractivity contribution is -0.137. The van der Waals surface area contributed by atoms with Crippen molar-refractivity contribution < 1.29 is 18.7 Å². The van der Waals surface area contributed by atoms with Gasteiger partial charge in [0.05, 0.1) is 30.6 Å². The summed E-state index contributed by atoms with van der Waals surface area (Å²) in [5.41, 5.74) is 1.38. The van der Waals surface area contributed by atoms with Crippen LogP contribution in [0.3, 0.4) is 0 Å². The Kier molecular flexibility index (Phi) is 7.87. The number of ether oxygens (including phenoxy) is 1. The maximum Gasteiger partial charge on any atom is 0.328 e. The predicted octanol–water partition coefficient (Wildman–Crippen LogP) is 5.42. The minimum atomic E-state index is -1.07. The van der Waals surface area contributed by atoms with Crippen LogP contribution in [0.4, 0.5) is 9.18 Å². The Bertz CT molecular complexity index is 1550. The van der Waals surface area contributed by atoms with Gasteiger partial charge < -0.3 is 9.64 Å². The van der Waals surface area contributed by atoms with E-state index < -0.39 is 23.4 Å². The third-order valence-corrected chi connectivity index (χ3v) is 8.49. The topological polar surface area (TPSA) is 83.8 Å². The molecule has 224 valence electrons. The molecule has 1 aliphatic carbocycles. The van der Waals surface area contributed by atoms with Gasteiger partial charge in [-0.3, -0.25) is 14.6 Å². The molecule has 0 saturated carbocycles. The van der Waals surface area contributed by atoms with Crippen LogP contribution >= 0.6 is 0 Å². The molecule has 2 saturated heterocycles.